The third kappa shape index (κ3) is 16.3. The number of quaternary nitrogens is 1. The van der Waals surface area contributed by atoms with E-state index in [9.17, 15) is 0 Å². The molecule has 0 aromatic rings. The number of alkyl halides is 1. The molecular weight excluding hydrogens is 496 g/mol. The van der Waals surface area contributed by atoms with Crippen LogP contribution >= 0.6 is 22.6 Å². The molecule has 0 saturated carbocycles. The summed E-state index contributed by atoms with van der Waals surface area (Å²) >= 11 is 2.56. The van der Waals surface area contributed by atoms with Crippen LogP contribution in [0.1, 0.15) is 90.9 Å². The minimum atomic E-state index is 0. The van der Waals surface area contributed by atoms with E-state index in [1.54, 1.807) is 0 Å². The molecule has 0 unspecified atom stereocenters. The highest BCUT2D eigenvalue weighted by Crippen LogP contribution is 2.14. The normalized spacial score (nSPS) is 11.5. The van der Waals surface area contributed by atoms with Crippen LogP contribution in [0.25, 0.3) is 0 Å². The largest absolute Gasteiger partial charge is 1.00 e. The molecule has 0 aromatic carbocycles. The van der Waals surface area contributed by atoms with Crippen molar-refractivity contribution >= 4 is 22.6 Å². The zero-order valence-electron chi connectivity index (χ0n) is 15.5. The van der Waals surface area contributed by atoms with Crippen molar-refractivity contribution in [3.63, 3.8) is 0 Å². The first-order valence-corrected chi connectivity index (χ1v) is 11.1. The second-order valence-electron chi connectivity index (χ2n) is 7.01. The summed E-state index contributed by atoms with van der Waals surface area (Å²) in [5, 5.41) is 0. The van der Waals surface area contributed by atoms with Gasteiger partial charge in [0.2, 0.25) is 0 Å². The van der Waals surface area contributed by atoms with Crippen LogP contribution in [-0.4, -0.2) is 35.6 Å². The summed E-state index contributed by atoms with van der Waals surface area (Å²) in [6, 6.07) is 0. The van der Waals surface area contributed by atoms with Crippen LogP contribution in [0.2, 0.25) is 0 Å². The van der Waals surface area contributed by atoms with Gasteiger partial charge in [-0.2, -0.15) is 0 Å². The molecule has 3 heteroatoms. The summed E-state index contributed by atoms with van der Waals surface area (Å²) in [5.74, 6) is 0. The highest BCUT2D eigenvalue weighted by molar-refractivity contribution is 14.1. The monoisotopic (exact) mass is 537 g/mol. The van der Waals surface area contributed by atoms with E-state index in [2.05, 4.69) is 43.5 Å². The van der Waals surface area contributed by atoms with E-state index in [0.29, 0.717) is 0 Å². The number of hydrogen-bond acceptors (Lipinski definition) is 0. The van der Waals surface area contributed by atoms with Gasteiger partial charge in [-0.05, 0) is 25.7 Å². The first-order valence-electron chi connectivity index (χ1n) is 9.58. The van der Waals surface area contributed by atoms with Gasteiger partial charge in [0.05, 0.1) is 26.7 Å². The Labute approximate surface area is 172 Å². The Morgan fingerprint density at radius 3 is 1.32 bits per heavy atom. The Morgan fingerprint density at radius 1 is 0.591 bits per heavy atom. The minimum Gasteiger partial charge on any atom is -1.00 e. The molecule has 0 spiro atoms. The van der Waals surface area contributed by atoms with Crippen LogP contribution in [0.4, 0.5) is 0 Å². The predicted molar refractivity (Wildman–Crippen MR) is 106 cm³/mol. The van der Waals surface area contributed by atoms with Crippen LogP contribution in [-0.2, 0) is 0 Å². The minimum absolute atomic E-state index is 0. The van der Waals surface area contributed by atoms with Gasteiger partial charge in [-0.25, -0.2) is 0 Å². The first kappa shape index (κ1) is 25.7. The molecular formula is C19H41I2N. The molecule has 0 saturated heterocycles. The molecule has 22 heavy (non-hydrogen) atoms. The number of nitrogens with zero attached hydrogens (tertiary/aromatic N) is 1. The predicted octanol–water partition coefficient (Wildman–Crippen LogP) is 3.59. The van der Waals surface area contributed by atoms with Crippen molar-refractivity contribution in [2.45, 2.75) is 90.9 Å². The van der Waals surface area contributed by atoms with Crippen molar-refractivity contribution in [2.24, 2.45) is 0 Å². The first-order chi connectivity index (χ1) is 10.2. The van der Waals surface area contributed by atoms with Crippen molar-refractivity contribution in [1.82, 2.24) is 0 Å². The van der Waals surface area contributed by atoms with E-state index in [1.807, 2.05) is 0 Å². The molecule has 0 rings (SSSR count). The lowest BCUT2D eigenvalue weighted by atomic mass is 10.1. The summed E-state index contributed by atoms with van der Waals surface area (Å²) < 4.78 is 2.63. The summed E-state index contributed by atoms with van der Waals surface area (Å²) in [4.78, 5) is 0. The number of halogens is 2. The maximum absolute atomic E-state index is 2.56. The molecule has 0 fully saturated rings. The van der Waals surface area contributed by atoms with Crippen LogP contribution in [0.15, 0.2) is 0 Å². The maximum Gasteiger partial charge on any atom is 0.0875 e. The molecule has 1 nitrogen and oxygen atoms in total. The number of rotatable bonds is 16. The fraction of sp³-hybridized carbons (Fsp3) is 1.00. The van der Waals surface area contributed by atoms with E-state index in [4.69, 9.17) is 0 Å². The van der Waals surface area contributed by atoms with Crippen molar-refractivity contribution in [3.05, 3.63) is 0 Å². The standard InChI is InChI=1S/C19H41IN.HI/c1-4-6-8-10-12-14-17-21(3,19-16-20)18-15-13-11-9-7-5-2;/h4-19H2,1-3H3;1H/q+1;/p-1. The molecule has 0 aliphatic heterocycles. The van der Waals surface area contributed by atoms with Gasteiger partial charge in [0.25, 0.3) is 0 Å². The molecule has 0 amide bonds. The molecule has 0 atom stereocenters. The van der Waals surface area contributed by atoms with E-state index in [0.717, 1.165) is 0 Å². The van der Waals surface area contributed by atoms with Gasteiger partial charge in [-0.1, -0.05) is 87.8 Å². The number of hydrogen-bond donors (Lipinski definition) is 0. The van der Waals surface area contributed by atoms with Gasteiger partial charge >= 0.3 is 0 Å². The third-order valence-electron chi connectivity index (χ3n) is 4.73. The SMILES string of the molecule is CCCCCCCC[N+](C)(CCI)CCCCCCCC.[I-]. The average molecular weight is 537 g/mol. The second-order valence-corrected chi connectivity index (χ2v) is 8.09. The van der Waals surface area contributed by atoms with Gasteiger partial charge in [0.1, 0.15) is 0 Å². The third-order valence-corrected chi connectivity index (χ3v) is 5.21. The molecule has 0 N–H and O–H groups in total. The van der Waals surface area contributed by atoms with Crippen LogP contribution in [0, 0.1) is 0 Å². The lowest BCUT2D eigenvalue weighted by Gasteiger charge is -2.34. The fourth-order valence-corrected chi connectivity index (χ4v) is 4.25. The topological polar surface area (TPSA) is 0 Å². The van der Waals surface area contributed by atoms with E-state index in [1.165, 1.54) is 106 Å². The smallest absolute Gasteiger partial charge is 0.0875 e. The summed E-state index contributed by atoms with van der Waals surface area (Å²) in [5.41, 5.74) is 0. The molecule has 0 aliphatic carbocycles. The maximum atomic E-state index is 2.56. The quantitative estimate of drug-likeness (QED) is 0.122. The van der Waals surface area contributed by atoms with Gasteiger partial charge in [-0.15, -0.1) is 0 Å². The summed E-state index contributed by atoms with van der Waals surface area (Å²) in [7, 11) is 2.50. The van der Waals surface area contributed by atoms with Gasteiger partial charge in [-0.3, -0.25) is 0 Å². The summed E-state index contributed by atoms with van der Waals surface area (Å²) in [6.07, 6.45) is 17.2. The van der Waals surface area contributed by atoms with Crippen molar-refractivity contribution < 1.29 is 28.5 Å². The lowest BCUT2D eigenvalue weighted by Crippen LogP contribution is -3.00. The highest BCUT2D eigenvalue weighted by atomic mass is 127. The van der Waals surface area contributed by atoms with Gasteiger partial charge < -0.3 is 28.5 Å². The molecule has 0 aliphatic rings. The molecule has 0 aromatic heterocycles. The fourth-order valence-electron chi connectivity index (χ4n) is 3.09. The summed E-state index contributed by atoms with van der Waals surface area (Å²) in [6.45, 7) is 8.78. The highest BCUT2D eigenvalue weighted by Gasteiger charge is 2.19. The van der Waals surface area contributed by atoms with Gasteiger partial charge in [0.15, 0.2) is 0 Å². The van der Waals surface area contributed by atoms with Gasteiger partial charge in [0, 0.05) is 4.43 Å². The zero-order valence-corrected chi connectivity index (χ0v) is 19.8. The molecule has 0 radical (unpaired) electrons. The number of unbranched alkanes of at least 4 members (excludes halogenated alkanes) is 10. The Hall–Kier alpha value is 1.42. The Kier molecular flexibility index (Phi) is 21.9. The zero-order chi connectivity index (χ0) is 15.8. The van der Waals surface area contributed by atoms with Crippen LogP contribution in [0.3, 0.4) is 0 Å². The molecule has 136 valence electrons. The Bertz CT molecular complexity index is 194. The van der Waals surface area contributed by atoms with Crippen LogP contribution in [0.5, 0.6) is 0 Å². The molecule has 0 bridgehead atoms. The lowest BCUT2D eigenvalue weighted by molar-refractivity contribution is -0.907. The van der Waals surface area contributed by atoms with E-state index in [-0.39, 0.29) is 24.0 Å². The van der Waals surface area contributed by atoms with Crippen molar-refractivity contribution in [3.8, 4) is 0 Å². The second kappa shape index (κ2) is 18.8. The average Bonchev–Trinajstić information content (AvgIpc) is 2.47. The van der Waals surface area contributed by atoms with E-state index < -0.39 is 0 Å². The molecule has 0 heterocycles. The van der Waals surface area contributed by atoms with Crippen molar-refractivity contribution in [1.29, 1.82) is 0 Å². The van der Waals surface area contributed by atoms with Crippen molar-refractivity contribution in [2.75, 3.05) is 31.1 Å². The Balaban J connectivity index is 0. The Morgan fingerprint density at radius 2 is 0.955 bits per heavy atom. The van der Waals surface area contributed by atoms with Crippen LogP contribution < -0.4 is 24.0 Å². The van der Waals surface area contributed by atoms with E-state index >= 15 is 0 Å².